The van der Waals surface area contributed by atoms with Crippen molar-refractivity contribution in [2.24, 2.45) is 5.73 Å². The number of ether oxygens (including phenoxy) is 1. The number of aromatic amines is 1. The summed E-state index contributed by atoms with van der Waals surface area (Å²) >= 11 is 0. The molecular weight excluding hydrogens is 280 g/mol. The fourth-order valence-corrected chi connectivity index (χ4v) is 3.37. The van der Waals surface area contributed by atoms with Crippen LogP contribution in [-0.4, -0.2) is 55.3 Å². The van der Waals surface area contributed by atoms with Crippen LogP contribution in [0.2, 0.25) is 0 Å². The fourth-order valence-electron chi connectivity index (χ4n) is 1.79. The number of morpholine rings is 1. The first-order valence-electron chi connectivity index (χ1n) is 5.37. The molecule has 0 radical (unpaired) electrons. The van der Waals surface area contributed by atoms with Gasteiger partial charge in [-0.2, -0.15) is 9.40 Å². The number of sulfonamides is 1. The van der Waals surface area contributed by atoms with Crippen LogP contribution in [0.3, 0.4) is 0 Å². The molecule has 0 spiro atoms. The molecule has 0 aliphatic carbocycles. The van der Waals surface area contributed by atoms with Crippen LogP contribution in [0.15, 0.2) is 11.1 Å². The highest BCUT2D eigenvalue weighted by atomic mass is 35.5. The fraction of sp³-hybridized carbons (Fsp3) is 0.667. The highest BCUT2D eigenvalue weighted by molar-refractivity contribution is 7.89. The molecule has 1 aliphatic heterocycles. The van der Waals surface area contributed by atoms with Crippen molar-refractivity contribution >= 4 is 22.4 Å². The molecule has 1 aromatic heterocycles. The summed E-state index contributed by atoms with van der Waals surface area (Å²) in [6, 6.07) is 0. The predicted molar refractivity (Wildman–Crippen MR) is 68.1 cm³/mol. The number of H-pyrrole nitrogens is 1. The first-order chi connectivity index (χ1) is 8.05. The molecule has 1 aliphatic rings. The summed E-state index contributed by atoms with van der Waals surface area (Å²) in [7, 11) is -3.49. The number of nitrogens with one attached hydrogen (secondary N) is 1. The van der Waals surface area contributed by atoms with Gasteiger partial charge in [-0.3, -0.25) is 5.10 Å². The Balaban J connectivity index is 0.00000162. The van der Waals surface area contributed by atoms with E-state index in [4.69, 9.17) is 10.5 Å². The first kappa shape index (κ1) is 15.4. The average Bonchev–Trinajstić information content (AvgIpc) is 2.76. The van der Waals surface area contributed by atoms with Crippen molar-refractivity contribution in [3.63, 3.8) is 0 Å². The van der Waals surface area contributed by atoms with E-state index in [1.165, 1.54) is 10.5 Å². The molecule has 18 heavy (non-hydrogen) atoms. The second kappa shape index (κ2) is 5.98. The standard InChI is InChI=1S/C9H16N4O3S.ClH/c1-7-9(5-11-12-7)17(14,15)13-2-3-16-8(4-10)6-13;/h5,8H,2-4,6,10H2,1H3,(H,11,12);1H. The maximum atomic E-state index is 12.3. The van der Waals surface area contributed by atoms with Crippen molar-refractivity contribution < 1.29 is 13.2 Å². The molecule has 7 nitrogen and oxygen atoms in total. The number of hydrogen-bond donors (Lipinski definition) is 2. The van der Waals surface area contributed by atoms with Crippen LogP contribution in [0.5, 0.6) is 0 Å². The highest BCUT2D eigenvalue weighted by Gasteiger charge is 2.31. The predicted octanol–water partition coefficient (Wildman–Crippen LogP) is -0.512. The van der Waals surface area contributed by atoms with E-state index in [-0.39, 0.29) is 23.4 Å². The van der Waals surface area contributed by atoms with Gasteiger partial charge in [0.15, 0.2) is 0 Å². The Morgan fingerprint density at radius 2 is 2.39 bits per heavy atom. The lowest BCUT2D eigenvalue weighted by Gasteiger charge is -2.31. The van der Waals surface area contributed by atoms with Crippen LogP contribution in [-0.2, 0) is 14.8 Å². The van der Waals surface area contributed by atoms with Crippen molar-refractivity contribution in [2.75, 3.05) is 26.2 Å². The largest absolute Gasteiger partial charge is 0.374 e. The summed E-state index contributed by atoms with van der Waals surface area (Å²) in [6.45, 7) is 3.02. The SMILES string of the molecule is Cc1[nH]ncc1S(=O)(=O)N1CCOC(CN)C1.Cl. The number of halogens is 1. The zero-order valence-corrected chi connectivity index (χ0v) is 11.6. The van der Waals surface area contributed by atoms with Gasteiger partial charge in [-0.1, -0.05) is 0 Å². The third kappa shape index (κ3) is 2.83. The number of nitrogens with zero attached hydrogens (tertiary/aromatic N) is 2. The van der Waals surface area contributed by atoms with Crippen molar-refractivity contribution in [1.29, 1.82) is 0 Å². The molecule has 1 saturated heterocycles. The molecule has 0 amide bonds. The van der Waals surface area contributed by atoms with Crippen LogP contribution in [0.4, 0.5) is 0 Å². The van der Waals surface area contributed by atoms with E-state index in [1.807, 2.05) is 0 Å². The molecule has 0 aromatic carbocycles. The Kier molecular flexibility index (Phi) is 5.11. The molecule has 9 heteroatoms. The number of aryl methyl sites for hydroxylation is 1. The van der Waals surface area contributed by atoms with Crippen LogP contribution in [0.25, 0.3) is 0 Å². The smallest absolute Gasteiger partial charge is 0.246 e. The summed E-state index contributed by atoms with van der Waals surface area (Å²) in [5, 5.41) is 6.36. The van der Waals surface area contributed by atoms with Gasteiger partial charge < -0.3 is 10.5 Å². The molecule has 2 rings (SSSR count). The molecule has 1 unspecified atom stereocenters. The van der Waals surface area contributed by atoms with Gasteiger partial charge in [0.05, 0.1) is 24.6 Å². The summed E-state index contributed by atoms with van der Waals surface area (Å²) in [5.74, 6) is 0. The van der Waals surface area contributed by atoms with E-state index in [1.54, 1.807) is 6.92 Å². The third-order valence-corrected chi connectivity index (χ3v) is 4.74. The van der Waals surface area contributed by atoms with E-state index < -0.39 is 10.0 Å². The third-order valence-electron chi connectivity index (χ3n) is 2.77. The quantitative estimate of drug-likeness (QED) is 0.782. The summed E-state index contributed by atoms with van der Waals surface area (Å²) < 4.78 is 31.3. The Labute approximate surface area is 112 Å². The van der Waals surface area contributed by atoms with Crippen LogP contribution in [0, 0.1) is 6.92 Å². The Morgan fingerprint density at radius 1 is 1.67 bits per heavy atom. The maximum absolute atomic E-state index is 12.3. The minimum atomic E-state index is -3.49. The summed E-state index contributed by atoms with van der Waals surface area (Å²) in [6.07, 6.45) is 1.10. The van der Waals surface area contributed by atoms with Crippen LogP contribution in [0.1, 0.15) is 5.69 Å². The zero-order valence-electron chi connectivity index (χ0n) is 10.00. The van der Waals surface area contributed by atoms with Gasteiger partial charge in [-0.05, 0) is 6.92 Å². The van der Waals surface area contributed by atoms with E-state index in [2.05, 4.69) is 10.2 Å². The second-order valence-corrected chi connectivity index (χ2v) is 5.86. The number of hydrogen-bond acceptors (Lipinski definition) is 5. The average molecular weight is 297 g/mol. The Bertz CT molecular complexity index is 490. The number of rotatable bonds is 3. The monoisotopic (exact) mass is 296 g/mol. The maximum Gasteiger partial charge on any atom is 0.246 e. The van der Waals surface area contributed by atoms with Crippen LogP contribution < -0.4 is 5.73 Å². The van der Waals surface area contributed by atoms with Gasteiger partial charge in [0.25, 0.3) is 0 Å². The summed E-state index contributed by atoms with van der Waals surface area (Å²) in [4.78, 5) is 0.218. The molecule has 104 valence electrons. The minimum absolute atomic E-state index is 0. The highest BCUT2D eigenvalue weighted by Crippen LogP contribution is 2.19. The molecule has 0 bridgehead atoms. The molecular formula is C9H17ClN4O3S. The van der Waals surface area contributed by atoms with Gasteiger partial charge in [-0.25, -0.2) is 8.42 Å². The molecule has 1 fully saturated rings. The van der Waals surface area contributed by atoms with Gasteiger partial charge in [0, 0.05) is 19.6 Å². The van der Waals surface area contributed by atoms with Gasteiger partial charge in [-0.15, -0.1) is 12.4 Å². The number of nitrogens with two attached hydrogens (primary N) is 1. The topological polar surface area (TPSA) is 101 Å². The normalized spacial score (nSPS) is 21.6. The van der Waals surface area contributed by atoms with Crippen LogP contribution >= 0.6 is 12.4 Å². The molecule has 1 atom stereocenters. The molecule has 2 heterocycles. The van der Waals surface area contributed by atoms with Crippen molar-refractivity contribution in [3.05, 3.63) is 11.9 Å². The van der Waals surface area contributed by atoms with Crippen molar-refractivity contribution in [1.82, 2.24) is 14.5 Å². The molecule has 3 N–H and O–H groups in total. The van der Waals surface area contributed by atoms with Gasteiger partial charge in [0.2, 0.25) is 10.0 Å². The first-order valence-corrected chi connectivity index (χ1v) is 6.81. The van der Waals surface area contributed by atoms with E-state index in [9.17, 15) is 8.42 Å². The minimum Gasteiger partial charge on any atom is -0.374 e. The van der Waals surface area contributed by atoms with Gasteiger partial charge >= 0.3 is 0 Å². The molecule has 1 aromatic rings. The van der Waals surface area contributed by atoms with E-state index in [0.29, 0.717) is 31.9 Å². The van der Waals surface area contributed by atoms with Crippen molar-refractivity contribution in [3.8, 4) is 0 Å². The second-order valence-electron chi connectivity index (χ2n) is 3.95. The lowest BCUT2D eigenvalue weighted by atomic mass is 10.3. The van der Waals surface area contributed by atoms with E-state index in [0.717, 1.165) is 0 Å². The Morgan fingerprint density at radius 3 is 2.94 bits per heavy atom. The zero-order chi connectivity index (χ0) is 12.5. The Hall–Kier alpha value is -0.670. The van der Waals surface area contributed by atoms with E-state index >= 15 is 0 Å². The molecule has 0 saturated carbocycles. The lowest BCUT2D eigenvalue weighted by molar-refractivity contribution is 0.00449. The lowest BCUT2D eigenvalue weighted by Crippen LogP contribution is -2.48. The van der Waals surface area contributed by atoms with Gasteiger partial charge in [0.1, 0.15) is 4.90 Å². The summed E-state index contributed by atoms with van der Waals surface area (Å²) in [5.41, 5.74) is 6.03. The van der Waals surface area contributed by atoms with Crippen molar-refractivity contribution in [2.45, 2.75) is 17.9 Å². The number of aromatic nitrogens is 2.